The molecule has 1 heterocycles. The molecule has 6 heteroatoms. The normalized spacial score (nSPS) is 11.1. The second-order valence-corrected chi connectivity index (χ2v) is 5.41. The van der Waals surface area contributed by atoms with Gasteiger partial charge in [0.1, 0.15) is 5.75 Å². The van der Waals surface area contributed by atoms with Crippen LogP contribution in [0.1, 0.15) is 12.5 Å². The van der Waals surface area contributed by atoms with Crippen molar-refractivity contribution >= 4 is 23.4 Å². The molecule has 0 aliphatic carbocycles. The first-order valence-corrected chi connectivity index (χ1v) is 7.69. The Morgan fingerprint density at radius 1 is 1.27 bits per heavy atom. The molecule has 1 aromatic heterocycles. The second-order valence-electron chi connectivity index (χ2n) is 4.42. The molecule has 114 valence electrons. The average molecular weight is 315 g/mol. The molecule has 0 fully saturated rings. The molecule has 1 amide bonds. The first-order valence-electron chi connectivity index (χ1n) is 6.70. The van der Waals surface area contributed by atoms with Gasteiger partial charge in [-0.05, 0) is 48.9 Å². The Morgan fingerprint density at radius 3 is 2.68 bits per heavy atom. The molecule has 1 aromatic carbocycles. The predicted molar refractivity (Wildman–Crippen MR) is 88.3 cm³/mol. The third-order valence-corrected chi connectivity index (χ3v) is 3.79. The topological polar surface area (TPSA) is 63.6 Å². The van der Waals surface area contributed by atoms with Crippen molar-refractivity contribution in [2.45, 2.75) is 11.9 Å². The van der Waals surface area contributed by atoms with E-state index in [4.69, 9.17) is 4.74 Å². The van der Waals surface area contributed by atoms with Crippen molar-refractivity contribution in [1.82, 2.24) is 10.4 Å². The largest absolute Gasteiger partial charge is 0.497 e. The number of ether oxygens (including phenoxy) is 1. The van der Waals surface area contributed by atoms with Crippen molar-refractivity contribution in [2.24, 2.45) is 5.10 Å². The number of rotatable bonds is 6. The van der Waals surface area contributed by atoms with Gasteiger partial charge in [0.25, 0.3) is 0 Å². The number of nitrogens with one attached hydrogen (secondary N) is 1. The molecular weight excluding hydrogens is 298 g/mol. The molecule has 0 aliphatic heterocycles. The summed E-state index contributed by atoms with van der Waals surface area (Å²) in [6.07, 6.45) is 1.70. The van der Waals surface area contributed by atoms with Crippen LogP contribution in [0.15, 0.2) is 58.8 Å². The van der Waals surface area contributed by atoms with Crippen LogP contribution in [0.3, 0.4) is 0 Å². The van der Waals surface area contributed by atoms with Crippen molar-refractivity contribution in [2.75, 3.05) is 12.9 Å². The van der Waals surface area contributed by atoms with Gasteiger partial charge < -0.3 is 4.74 Å². The standard InChI is InChI=1S/C16H17N3O2S/c1-12(13-6-8-14(21-2)9-7-13)18-19-15(20)11-22-16-5-3-4-10-17-16/h3-10H,11H2,1-2H3,(H,19,20). The zero-order chi connectivity index (χ0) is 15.8. The SMILES string of the molecule is COc1ccc(C(C)=NNC(=O)CSc2ccccn2)cc1. The molecule has 0 unspecified atom stereocenters. The number of pyridine rings is 1. The molecule has 0 atom stereocenters. The summed E-state index contributed by atoms with van der Waals surface area (Å²) in [6.45, 7) is 1.84. The lowest BCUT2D eigenvalue weighted by Gasteiger charge is -2.04. The van der Waals surface area contributed by atoms with Gasteiger partial charge >= 0.3 is 0 Å². The number of amides is 1. The summed E-state index contributed by atoms with van der Waals surface area (Å²) in [7, 11) is 1.62. The Kier molecular flexibility index (Phi) is 5.97. The van der Waals surface area contributed by atoms with Gasteiger partial charge in [0.15, 0.2) is 0 Å². The van der Waals surface area contributed by atoms with Gasteiger partial charge in [0.05, 0.1) is 23.6 Å². The molecule has 0 spiro atoms. The number of benzene rings is 1. The predicted octanol–water partition coefficient (Wildman–Crippen LogP) is 2.72. The monoisotopic (exact) mass is 315 g/mol. The molecule has 5 nitrogen and oxygen atoms in total. The fourth-order valence-electron chi connectivity index (χ4n) is 1.65. The highest BCUT2D eigenvalue weighted by Gasteiger charge is 2.03. The van der Waals surface area contributed by atoms with E-state index in [0.29, 0.717) is 0 Å². The number of hydrogen-bond donors (Lipinski definition) is 1. The molecule has 22 heavy (non-hydrogen) atoms. The number of hydrazone groups is 1. The van der Waals surface area contributed by atoms with Gasteiger partial charge in [0, 0.05) is 6.20 Å². The van der Waals surface area contributed by atoms with E-state index in [1.54, 1.807) is 13.3 Å². The van der Waals surface area contributed by atoms with Crippen molar-refractivity contribution in [3.63, 3.8) is 0 Å². The first-order chi connectivity index (χ1) is 10.7. The average Bonchev–Trinajstić information content (AvgIpc) is 2.58. The molecule has 1 N–H and O–H groups in total. The van der Waals surface area contributed by atoms with Crippen molar-refractivity contribution in [3.05, 3.63) is 54.2 Å². The van der Waals surface area contributed by atoms with E-state index in [9.17, 15) is 4.79 Å². The van der Waals surface area contributed by atoms with Gasteiger partial charge in [-0.1, -0.05) is 17.8 Å². The summed E-state index contributed by atoms with van der Waals surface area (Å²) in [5.41, 5.74) is 4.21. The molecule has 0 saturated carbocycles. The summed E-state index contributed by atoms with van der Waals surface area (Å²) in [6, 6.07) is 13.1. The van der Waals surface area contributed by atoms with Crippen LogP contribution in [-0.2, 0) is 4.79 Å². The summed E-state index contributed by atoms with van der Waals surface area (Å²) in [4.78, 5) is 15.9. The number of carbonyl (C=O) groups excluding carboxylic acids is 1. The Balaban J connectivity index is 1.85. The van der Waals surface area contributed by atoms with Crippen LogP contribution in [0.2, 0.25) is 0 Å². The number of hydrogen-bond acceptors (Lipinski definition) is 5. The van der Waals surface area contributed by atoms with Crippen LogP contribution in [0.5, 0.6) is 5.75 Å². The molecule has 0 aliphatic rings. The lowest BCUT2D eigenvalue weighted by molar-refractivity contribution is -0.118. The summed E-state index contributed by atoms with van der Waals surface area (Å²) < 4.78 is 5.10. The maximum absolute atomic E-state index is 11.8. The van der Waals surface area contributed by atoms with Crippen molar-refractivity contribution < 1.29 is 9.53 Å². The number of carbonyl (C=O) groups is 1. The van der Waals surface area contributed by atoms with E-state index >= 15 is 0 Å². The second kappa shape index (κ2) is 8.19. The Hall–Kier alpha value is -2.34. The van der Waals surface area contributed by atoms with Crippen molar-refractivity contribution in [1.29, 1.82) is 0 Å². The van der Waals surface area contributed by atoms with Crippen molar-refractivity contribution in [3.8, 4) is 5.75 Å². The Morgan fingerprint density at radius 2 is 2.05 bits per heavy atom. The van der Waals surface area contributed by atoms with E-state index in [1.165, 1.54) is 11.8 Å². The molecule has 2 aromatic rings. The quantitative estimate of drug-likeness (QED) is 0.506. The van der Waals surface area contributed by atoms with E-state index in [0.717, 1.165) is 22.1 Å². The number of aromatic nitrogens is 1. The Bertz CT molecular complexity index is 642. The zero-order valence-corrected chi connectivity index (χ0v) is 13.3. The van der Waals surface area contributed by atoms with E-state index in [-0.39, 0.29) is 11.7 Å². The number of methoxy groups -OCH3 is 1. The molecule has 0 radical (unpaired) electrons. The van der Waals surface area contributed by atoms with Gasteiger partial charge in [-0.2, -0.15) is 5.10 Å². The highest BCUT2D eigenvalue weighted by atomic mass is 32.2. The van der Waals surface area contributed by atoms with Crippen LogP contribution >= 0.6 is 11.8 Å². The van der Waals surface area contributed by atoms with Gasteiger partial charge in [-0.25, -0.2) is 10.4 Å². The zero-order valence-electron chi connectivity index (χ0n) is 12.4. The highest BCUT2D eigenvalue weighted by Crippen LogP contribution is 2.13. The van der Waals surface area contributed by atoms with Crippen LogP contribution in [0.25, 0.3) is 0 Å². The smallest absolute Gasteiger partial charge is 0.250 e. The minimum absolute atomic E-state index is 0.163. The number of nitrogens with zero attached hydrogens (tertiary/aromatic N) is 2. The minimum Gasteiger partial charge on any atom is -0.497 e. The molecular formula is C16H17N3O2S. The third kappa shape index (κ3) is 4.89. The molecule has 2 rings (SSSR count). The lowest BCUT2D eigenvalue weighted by Crippen LogP contribution is -2.21. The summed E-state index contributed by atoms with van der Waals surface area (Å²) >= 11 is 1.37. The Labute approximate surface area is 133 Å². The first kappa shape index (κ1) is 16.0. The minimum atomic E-state index is -0.163. The fourth-order valence-corrected chi connectivity index (χ4v) is 2.30. The molecule has 0 saturated heterocycles. The number of thioether (sulfide) groups is 1. The van der Waals surface area contributed by atoms with E-state index in [1.807, 2.05) is 49.4 Å². The van der Waals surface area contributed by atoms with E-state index < -0.39 is 0 Å². The van der Waals surface area contributed by atoms with Gasteiger partial charge in [0.2, 0.25) is 5.91 Å². The summed E-state index contributed by atoms with van der Waals surface area (Å²) in [5.74, 6) is 0.895. The third-order valence-electron chi connectivity index (χ3n) is 2.85. The van der Waals surface area contributed by atoms with Crippen LogP contribution in [0, 0.1) is 0 Å². The van der Waals surface area contributed by atoms with Gasteiger partial charge in [-0.15, -0.1) is 0 Å². The summed E-state index contributed by atoms with van der Waals surface area (Å²) in [5, 5.41) is 4.92. The van der Waals surface area contributed by atoms with Gasteiger partial charge in [-0.3, -0.25) is 4.79 Å². The van der Waals surface area contributed by atoms with Crippen LogP contribution in [-0.4, -0.2) is 29.5 Å². The lowest BCUT2D eigenvalue weighted by atomic mass is 10.1. The maximum atomic E-state index is 11.8. The molecule has 0 bridgehead atoms. The van der Waals surface area contributed by atoms with E-state index in [2.05, 4.69) is 15.5 Å². The maximum Gasteiger partial charge on any atom is 0.250 e. The highest BCUT2D eigenvalue weighted by molar-refractivity contribution is 7.99. The van der Waals surface area contributed by atoms with Crippen LogP contribution < -0.4 is 10.2 Å². The van der Waals surface area contributed by atoms with Crippen LogP contribution in [0.4, 0.5) is 0 Å². The fraction of sp³-hybridized carbons (Fsp3) is 0.188.